The first kappa shape index (κ1) is 24.2. The Bertz CT molecular complexity index is 865. The molecule has 0 aromatic heterocycles. The molecule has 0 saturated heterocycles. The lowest BCUT2D eigenvalue weighted by Crippen LogP contribution is -2.38. The predicted octanol–water partition coefficient (Wildman–Crippen LogP) is 4.04. The number of nitrogens with one attached hydrogen (secondary N) is 3. The molecular formula is C24H34N4O3. The molecule has 3 amide bonds. The number of ether oxygens (including phenoxy) is 1. The van der Waals surface area contributed by atoms with Gasteiger partial charge in [0.25, 0.3) is 5.91 Å². The van der Waals surface area contributed by atoms with Crippen molar-refractivity contribution in [3.63, 3.8) is 0 Å². The van der Waals surface area contributed by atoms with Gasteiger partial charge in [-0.1, -0.05) is 32.0 Å². The zero-order valence-corrected chi connectivity index (χ0v) is 19.1. The molecule has 0 aliphatic carbocycles. The average Bonchev–Trinajstić information content (AvgIpc) is 2.76. The summed E-state index contributed by atoms with van der Waals surface area (Å²) in [5.41, 5.74) is 2.15. The molecule has 0 spiro atoms. The number of rotatable bonds is 10. The molecule has 2 rings (SSSR count). The van der Waals surface area contributed by atoms with E-state index < -0.39 is 0 Å². The lowest BCUT2D eigenvalue weighted by molar-refractivity contribution is 0.0935. The summed E-state index contributed by atoms with van der Waals surface area (Å²) in [5.74, 6) is 0.604. The van der Waals surface area contributed by atoms with Gasteiger partial charge in [-0.05, 0) is 62.8 Å². The normalized spacial score (nSPS) is 11.8. The second-order valence-electron chi connectivity index (χ2n) is 7.56. The lowest BCUT2D eigenvalue weighted by atomic mass is 10.0. The molecule has 168 valence electrons. The Morgan fingerprint density at radius 1 is 1.03 bits per heavy atom. The number of anilines is 1. The van der Waals surface area contributed by atoms with Gasteiger partial charge < -0.3 is 20.7 Å². The van der Waals surface area contributed by atoms with Crippen LogP contribution in [0.25, 0.3) is 0 Å². The van der Waals surface area contributed by atoms with Crippen LogP contribution in [0.15, 0.2) is 48.5 Å². The van der Waals surface area contributed by atoms with Gasteiger partial charge in [-0.15, -0.1) is 0 Å². The molecule has 0 aliphatic heterocycles. The highest BCUT2D eigenvalue weighted by Crippen LogP contribution is 2.24. The van der Waals surface area contributed by atoms with E-state index in [9.17, 15) is 9.59 Å². The van der Waals surface area contributed by atoms with Crippen LogP contribution in [0.5, 0.6) is 5.75 Å². The molecule has 1 atom stereocenters. The largest absolute Gasteiger partial charge is 0.497 e. The maximum atomic E-state index is 12.8. The number of nitrogens with zero attached hydrogens (tertiary/aromatic N) is 1. The maximum Gasteiger partial charge on any atom is 0.319 e. The number of benzene rings is 2. The monoisotopic (exact) mass is 426 g/mol. The second kappa shape index (κ2) is 12.0. The third-order valence-electron chi connectivity index (χ3n) is 4.99. The van der Waals surface area contributed by atoms with Crippen molar-refractivity contribution in [2.75, 3.05) is 32.1 Å². The lowest BCUT2D eigenvalue weighted by Gasteiger charge is -2.30. The molecule has 7 heteroatoms. The van der Waals surface area contributed by atoms with Crippen molar-refractivity contribution in [1.29, 1.82) is 0 Å². The first-order valence-electron chi connectivity index (χ1n) is 10.7. The van der Waals surface area contributed by atoms with Crippen molar-refractivity contribution < 1.29 is 14.3 Å². The molecular weight excluding hydrogens is 392 g/mol. The first-order valence-corrected chi connectivity index (χ1v) is 10.7. The van der Waals surface area contributed by atoms with Crippen molar-refractivity contribution in [3.05, 3.63) is 59.7 Å². The summed E-state index contributed by atoms with van der Waals surface area (Å²) in [4.78, 5) is 27.1. The van der Waals surface area contributed by atoms with E-state index >= 15 is 0 Å². The fraction of sp³-hybridized carbons (Fsp3) is 0.417. The zero-order valence-electron chi connectivity index (χ0n) is 19.1. The Hall–Kier alpha value is -3.06. The highest BCUT2D eigenvalue weighted by Gasteiger charge is 2.20. The Kier molecular flexibility index (Phi) is 9.34. The Morgan fingerprint density at radius 3 is 2.39 bits per heavy atom. The fourth-order valence-electron chi connectivity index (χ4n) is 3.43. The van der Waals surface area contributed by atoms with Gasteiger partial charge in [0.15, 0.2) is 0 Å². The van der Waals surface area contributed by atoms with Gasteiger partial charge in [0.1, 0.15) is 5.75 Å². The molecule has 0 fully saturated rings. The summed E-state index contributed by atoms with van der Waals surface area (Å²) >= 11 is 0. The number of likely N-dealkylation sites (N-methyl/N-ethyl adjacent to an activating group) is 1. The number of methoxy groups -OCH3 is 1. The van der Waals surface area contributed by atoms with E-state index in [0.29, 0.717) is 17.8 Å². The molecule has 0 heterocycles. The Labute approximate surface area is 185 Å². The van der Waals surface area contributed by atoms with Crippen molar-refractivity contribution in [3.8, 4) is 5.75 Å². The second-order valence-corrected chi connectivity index (χ2v) is 7.56. The van der Waals surface area contributed by atoms with Crippen LogP contribution in [0.1, 0.15) is 49.7 Å². The molecule has 1 unspecified atom stereocenters. The van der Waals surface area contributed by atoms with Crippen LogP contribution in [0.2, 0.25) is 0 Å². The summed E-state index contributed by atoms with van der Waals surface area (Å²) in [6.07, 6.45) is 0. The predicted molar refractivity (Wildman–Crippen MR) is 125 cm³/mol. The van der Waals surface area contributed by atoms with Crippen LogP contribution in [0.4, 0.5) is 10.5 Å². The van der Waals surface area contributed by atoms with Gasteiger partial charge in [-0.3, -0.25) is 9.69 Å². The molecule has 7 nitrogen and oxygen atoms in total. The number of hydrogen-bond donors (Lipinski definition) is 3. The van der Waals surface area contributed by atoms with Crippen molar-refractivity contribution in [1.82, 2.24) is 15.5 Å². The summed E-state index contributed by atoms with van der Waals surface area (Å²) in [5, 5.41) is 8.57. The van der Waals surface area contributed by atoms with Gasteiger partial charge in [0, 0.05) is 23.8 Å². The molecule has 2 aromatic rings. The molecule has 3 N–H and O–H groups in total. The fourth-order valence-corrected chi connectivity index (χ4v) is 3.43. The summed E-state index contributed by atoms with van der Waals surface area (Å²) in [7, 11) is 1.65. The topological polar surface area (TPSA) is 82.7 Å². The SMILES string of the molecule is CCN(CC)C(CNC(=O)c1cccc(NC(=O)NC(C)C)c1)c1cccc(OC)c1. The summed E-state index contributed by atoms with van der Waals surface area (Å²) in [6.45, 7) is 10.2. The highest BCUT2D eigenvalue weighted by molar-refractivity contribution is 5.96. The molecule has 0 bridgehead atoms. The van der Waals surface area contributed by atoms with Crippen LogP contribution < -0.4 is 20.7 Å². The minimum absolute atomic E-state index is 0.0205. The average molecular weight is 427 g/mol. The number of urea groups is 1. The van der Waals surface area contributed by atoms with Crippen LogP contribution in [-0.4, -0.2) is 49.6 Å². The number of amides is 3. The minimum atomic E-state index is -0.299. The molecule has 0 aliphatic rings. The number of hydrogen-bond acceptors (Lipinski definition) is 4. The standard InChI is InChI=1S/C24H34N4O3/c1-6-28(7-2)22(18-10-9-13-21(15-18)31-5)16-25-23(29)19-11-8-12-20(14-19)27-24(30)26-17(3)4/h8-15,17,22H,6-7,16H2,1-5H3,(H,25,29)(H2,26,27,30). The smallest absolute Gasteiger partial charge is 0.319 e. The maximum absolute atomic E-state index is 12.8. The van der Waals surface area contributed by atoms with Crippen molar-refractivity contribution >= 4 is 17.6 Å². The Morgan fingerprint density at radius 2 is 1.74 bits per heavy atom. The molecule has 2 aromatic carbocycles. The summed E-state index contributed by atoms with van der Waals surface area (Å²) in [6, 6.07) is 14.6. The molecule has 0 saturated carbocycles. The van der Waals surface area contributed by atoms with Gasteiger partial charge in [0.2, 0.25) is 0 Å². The molecule has 31 heavy (non-hydrogen) atoms. The summed E-state index contributed by atoms with van der Waals surface area (Å²) < 4.78 is 5.37. The van der Waals surface area contributed by atoms with E-state index in [-0.39, 0.29) is 24.0 Å². The van der Waals surface area contributed by atoms with Gasteiger partial charge in [-0.25, -0.2) is 4.79 Å². The molecule has 0 radical (unpaired) electrons. The van der Waals surface area contributed by atoms with Gasteiger partial charge in [-0.2, -0.15) is 0 Å². The van der Waals surface area contributed by atoms with E-state index in [4.69, 9.17) is 4.74 Å². The van der Waals surface area contributed by atoms with Crippen molar-refractivity contribution in [2.24, 2.45) is 0 Å². The van der Waals surface area contributed by atoms with Crippen LogP contribution in [0.3, 0.4) is 0 Å². The van der Waals surface area contributed by atoms with Gasteiger partial charge >= 0.3 is 6.03 Å². The van der Waals surface area contributed by atoms with Crippen LogP contribution in [-0.2, 0) is 0 Å². The van der Waals surface area contributed by atoms with E-state index in [1.165, 1.54) is 0 Å². The van der Waals surface area contributed by atoms with E-state index in [1.807, 2.05) is 32.0 Å². The van der Waals surface area contributed by atoms with Crippen molar-refractivity contribution in [2.45, 2.75) is 39.8 Å². The van der Waals surface area contributed by atoms with E-state index in [0.717, 1.165) is 24.4 Å². The Balaban J connectivity index is 2.11. The number of carbonyl (C=O) groups is 2. The third kappa shape index (κ3) is 7.29. The third-order valence-corrected chi connectivity index (χ3v) is 4.99. The number of carbonyl (C=O) groups excluding carboxylic acids is 2. The quantitative estimate of drug-likeness (QED) is 0.536. The zero-order chi connectivity index (χ0) is 22.8. The van der Waals surface area contributed by atoms with E-state index in [2.05, 4.69) is 40.8 Å². The first-order chi connectivity index (χ1) is 14.9. The van der Waals surface area contributed by atoms with Gasteiger partial charge in [0.05, 0.1) is 13.2 Å². The highest BCUT2D eigenvalue weighted by atomic mass is 16.5. The minimum Gasteiger partial charge on any atom is -0.497 e. The van der Waals surface area contributed by atoms with Crippen LogP contribution >= 0.6 is 0 Å². The van der Waals surface area contributed by atoms with Crippen LogP contribution in [0, 0.1) is 0 Å². The van der Waals surface area contributed by atoms with E-state index in [1.54, 1.807) is 31.4 Å².